The summed E-state index contributed by atoms with van der Waals surface area (Å²) in [5.74, 6) is 1.31. The van der Waals surface area contributed by atoms with Gasteiger partial charge in [-0.3, -0.25) is 0 Å². The molecule has 28 heavy (non-hydrogen) atoms. The van der Waals surface area contributed by atoms with Crippen LogP contribution in [0.4, 0.5) is 0 Å². The van der Waals surface area contributed by atoms with Crippen molar-refractivity contribution in [2.75, 3.05) is 0 Å². The average molecular weight is 390 g/mol. The van der Waals surface area contributed by atoms with Crippen LogP contribution in [0.3, 0.4) is 0 Å². The Morgan fingerprint density at radius 3 is 2.82 bits per heavy atom. The van der Waals surface area contributed by atoms with E-state index in [1.807, 2.05) is 30.7 Å². The first-order valence-corrected chi connectivity index (χ1v) is 9.74. The molecular weight excluding hydrogens is 372 g/mol. The number of benzene rings is 1. The van der Waals surface area contributed by atoms with E-state index in [2.05, 4.69) is 32.7 Å². The van der Waals surface area contributed by atoms with Gasteiger partial charge in [0.25, 0.3) is 0 Å². The SMILES string of the molecule is N#Cc1ccc(-c2nc(COc3ccc(CCCn4ccnc4)cc3)co2)s1. The molecule has 0 amide bonds. The lowest BCUT2D eigenvalue weighted by Gasteiger charge is -2.06. The number of nitrogens with zero attached hydrogens (tertiary/aromatic N) is 4. The van der Waals surface area contributed by atoms with Crippen molar-refractivity contribution >= 4 is 11.3 Å². The van der Waals surface area contributed by atoms with E-state index in [0.717, 1.165) is 30.0 Å². The molecule has 0 saturated carbocycles. The first-order valence-electron chi connectivity index (χ1n) is 8.92. The quantitative estimate of drug-likeness (QED) is 0.436. The molecule has 3 heterocycles. The van der Waals surface area contributed by atoms with Crippen LogP contribution in [0.1, 0.15) is 22.6 Å². The minimum atomic E-state index is 0.333. The molecule has 0 aliphatic rings. The van der Waals surface area contributed by atoms with E-state index in [9.17, 15) is 0 Å². The summed E-state index contributed by atoms with van der Waals surface area (Å²) >= 11 is 1.36. The van der Waals surface area contributed by atoms with Crippen LogP contribution in [-0.2, 0) is 19.6 Å². The van der Waals surface area contributed by atoms with Gasteiger partial charge in [0, 0.05) is 18.9 Å². The van der Waals surface area contributed by atoms with Crippen LogP contribution < -0.4 is 4.74 Å². The van der Waals surface area contributed by atoms with E-state index >= 15 is 0 Å². The Morgan fingerprint density at radius 1 is 1.18 bits per heavy atom. The second-order valence-corrected chi connectivity index (χ2v) is 7.34. The van der Waals surface area contributed by atoms with Gasteiger partial charge in [-0.05, 0) is 42.7 Å². The van der Waals surface area contributed by atoms with Crippen LogP contribution in [0.15, 0.2) is 65.8 Å². The van der Waals surface area contributed by atoms with Crippen LogP contribution in [0.2, 0.25) is 0 Å². The lowest BCUT2D eigenvalue weighted by atomic mass is 10.1. The van der Waals surface area contributed by atoms with Crippen molar-refractivity contribution in [1.82, 2.24) is 14.5 Å². The van der Waals surface area contributed by atoms with Crippen LogP contribution in [-0.4, -0.2) is 14.5 Å². The fourth-order valence-corrected chi connectivity index (χ4v) is 3.53. The summed E-state index contributed by atoms with van der Waals surface area (Å²) in [6.07, 6.45) is 9.28. The maximum absolute atomic E-state index is 8.91. The smallest absolute Gasteiger partial charge is 0.236 e. The fraction of sp³-hybridized carbons (Fsp3) is 0.190. The van der Waals surface area contributed by atoms with Gasteiger partial charge in [-0.2, -0.15) is 5.26 Å². The Bertz CT molecular complexity index is 1060. The zero-order valence-electron chi connectivity index (χ0n) is 15.1. The number of aromatic nitrogens is 3. The first kappa shape index (κ1) is 18.0. The van der Waals surface area contributed by atoms with Crippen molar-refractivity contribution in [3.8, 4) is 22.6 Å². The lowest BCUT2D eigenvalue weighted by Crippen LogP contribution is -1.98. The molecular formula is C21H18N4O2S. The molecule has 0 bridgehead atoms. The molecule has 7 heteroatoms. The van der Waals surface area contributed by atoms with Crippen molar-refractivity contribution in [2.45, 2.75) is 26.0 Å². The Morgan fingerprint density at radius 2 is 2.07 bits per heavy atom. The van der Waals surface area contributed by atoms with Gasteiger partial charge in [0.1, 0.15) is 35.3 Å². The number of thiophene rings is 1. The summed E-state index contributed by atoms with van der Waals surface area (Å²) in [4.78, 5) is 9.95. The molecule has 140 valence electrons. The Balaban J connectivity index is 1.27. The minimum Gasteiger partial charge on any atom is -0.487 e. The van der Waals surface area contributed by atoms with E-state index in [-0.39, 0.29) is 0 Å². The Kier molecular flexibility index (Phi) is 5.50. The number of rotatable bonds is 8. The molecule has 0 N–H and O–H groups in total. The molecule has 0 radical (unpaired) electrons. The van der Waals surface area contributed by atoms with E-state index in [4.69, 9.17) is 14.4 Å². The summed E-state index contributed by atoms with van der Waals surface area (Å²) < 4.78 is 13.4. The van der Waals surface area contributed by atoms with Crippen LogP contribution >= 0.6 is 11.3 Å². The van der Waals surface area contributed by atoms with E-state index in [0.29, 0.717) is 23.1 Å². The second kappa shape index (κ2) is 8.55. The van der Waals surface area contributed by atoms with Gasteiger partial charge in [-0.1, -0.05) is 12.1 Å². The molecule has 6 nitrogen and oxygen atoms in total. The Hall–Kier alpha value is -3.37. The third kappa shape index (κ3) is 4.48. The number of imidazole rings is 1. The van der Waals surface area contributed by atoms with E-state index < -0.39 is 0 Å². The second-order valence-electron chi connectivity index (χ2n) is 6.26. The van der Waals surface area contributed by atoms with Gasteiger partial charge >= 0.3 is 0 Å². The topological polar surface area (TPSA) is 76.9 Å². The maximum Gasteiger partial charge on any atom is 0.236 e. The third-order valence-corrected chi connectivity index (χ3v) is 5.21. The van der Waals surface area contributed by atoms with Gasteiger partial charge in [-0.25, -0.2) is 9.97 Å². The van der Waals surface area contributed by atoms with Crippen molar-refractivity contribution in [3.05, 3.63) is 77.5 Å². The summed E-state index contributed by atoms with van der Waals surface area (Å²) in [6.45, 7) is 1.30. The zero-order chi connectivity index (χ0) is 19.2. The number of ether oxygens (including phenoxy) is 1. The van der Waals surface area contributed by atoms with Crippen molar-refractivity contribution in [1.29, 1.82) is 5.26 Å². The van der Waals surface area contributed by atoms with E-state index in [1.54, 1.807) is 18.5 Å². The zero-order valence-corrected chi connectivity index (χ0v) is 15.9. The van der Waals surface area contributed by atoms with Crippen LogP contribution in [0, 0.1) is 11.3 Å². The highest BCUT2D eigenvalue weighted by molar-refractivity contribution is 7.15. The Labute approximate surface area is 166 Å². The van der Waals surface area contributed by atoms with Gasteiger partial charge in [0.05, 0.1) is 11.2 Å². The molecule has 0 aliphatic carbocycles. The van der Waals surface area contributed by atoms with Crippen molar-refractivity contribution < 1.29 is 9.15 Å². The predicted molar refractivity (Wildman–Crippen MR) is 106 cm³/mol. The molecule has 0 aliphatic heterocycles. The molecule has 3 aromatic heterocycles. The van der Waals surface area contributed by atoms with E-state index in [1.165, 1.54) is 16.9 Å². The van der Waals surface area contributed by atoms with Gasteiger partial charge in [0.15, 0.2) is 0 Å². The summed E-state index contributed by atoms with van der Waals surface area (Å²) in [5, 5.41) is 8.91. The molecule has 0 spiro atoms. The molecule has 0 atom stereocenters. The lowest BCUT2D eigenvalue weighted by molar-refractivity contribution is 0.301. The number of hydrogen-bond donors (Lipinski definition) is 0. The van der Waals surface area contributed by atoms with Gasteiger partial charge < -0.3 is 13.7 Å². The summed E-state index contributed by atoms with van der Waals surface area (Å²) in [5.41, 5.74) is 1.99. The van der Waals surface area contributed by atoms with Gasteiger partial charge in [-0.15, -0.1) is 11.3 Å². The van der Waals surface area contributed by atoms with Crippen molar-refractivity contribution in [2.24, 2.45) is 0 Å². The largest absolute Gasteiger partial charge is 0.487 e. The molecule has 4 rings (SSSR count). The van der Waals surface area contributed by atoms with Crippen LogP contribution in [0.5, 0.6) is 5.75 Å². The molecule has 0 saturated heterocycles. The summed E-state index contributed by atoms with van der Waals surface area (Å²) in [6, 6.07) is 13.9. The number of nitriles is 1. The monoisotopic (exact) mass is 390 g/mol. The first-order chi connectivity index (χ1) is 13.8. The highest BCUT2D eigenvalue weighted by Gasteiger charge is 2.10. The van der Waals surface area contributed by atoms with Gasteiger partial charge in [0.2, 0.25) is 5.89 Å². The highest BCUT2D eigenvalue weighted by Crippen LogP contribution is 2.27. The van der Waals surface area contributed by atoms with Crippen LogP contribution in [0.25, 0.3) is 10.8 Å². The molecule has 0 fully saturated rings. The number of oxazole rings is 1. The fourth-order valence-electron chi connectivity index (χ4n) is 2.79. The third-order valence-electron chi connectivity index (χ3n) is 4.23. The standard InChI is InChI=1S/C21H18N4O2S/c22-12-19-7-8-20(28-19)21-24-17(14-27-21)13-26-18-5-3-16(4-6-18)2-1-10-25-11-9-23-15-25/h3-9,11,14-15H,1-2,10,13H2. The number of aryl methyl sites for hydroxylation is 2. The number of hydrogen-bond acceptors (Lipinski definition) is 6. The normalized spacial score (nSPS) is 10.7. The average Bonchev–Trinajstić information content (AvgIpc) is 3.48. The highest BCUT2D eigenvalue weighted by atomic mass is 32.1. The molecule has 0 unspecified atom stereocenters. The summed E-state index contributed by atoms with van der Waals surface area (Å²) in [7, 11) is 0. The predicted octanol–water partition coefficient (Wildman–Crippen LogP) is 4.68. The van der Waals surface area contributed by atoms with Crippen molar-refractivity contribution in [3.63, 3.8) is 0 Å². The minimum absolute atomic E-state index is 0.333. The maximum atomic E-state index is 8.91. The molecule has 4 aromatic rings. The molecule has 1 aromatic carbocycles.